The van der Waals surface area contributed by atoms with Crippen LogP contribution >= 0.6 is 0 Å². The Labute approximate surface area is 175 Å². The molecule has 0 unspecified atom stereocenters. The Hall–Kier alpha value is -3.03. The van der Waals surface area contributed by atoms with Crippen LogP contribution in [0.2, 0.25) is 0 Å². The zero-order valence-electron chi connectivity index (χ0n) is 17.1. The summed E-state index contributed by atoms with van der Waals surface area (Å²) < 4.78 is 13.1. The summed E-state index contributed by atoms with van der Waals surface area (Å²) in [6, 6.07) is 5.61. The summed E-state index contributed by atoms with van der Waals surface area (Å²) in [6.45, 7) is 5.87. The first-order valence-corrected chi connectivity index (χ1v) is 10.4. The molecule has 8 heteroatoms. The number of hydrogen-bond donors (Lipinski definition) is 0. The molecule has 4 rings (SSSR count). The first-order valence-electron chi connectivity index (χ1n) is 10.4. The summed E-state index contributed by atoms with van der Waals surface area (Å²) in [4.78, 5) is 40.1. The minimum Gasteiger partial charge on any atom is -0.352 e. The molecule has 7 nitrogen and oxygen atoms in total. The minimum absolute atomic E-state index is 0.0490. The van der Waals surface area contributed by atoms with E-state index in [1.54, 1.807) is 17.3 Å². The smallest absolute Gasteiger partial charge is 0.253 e. The number of rotatable bonds is 3. The van der Waals surface area contributed by atoms with Crippen LogP contribution in [0.5, 0.6) is 0 Å². The molecular formula is C22H26FN5O2. The summed E-state index contributed by atoms with van der Waals surface area (Å²) in [5.74, 6) is 0.558. The third kappa shape index (κ3) is 4.27. The van der Waals surface area contributed by atoms with Gasteiger partial charge in [0.25, 0.3) is 5.91 Å². The Morgan fingerprint density at radius 1 is 0.900 bits per heavy atom. The molecule has 0 spiro atoms. The lowest BCUT2D eigenvalue weighted by Gasteiger charge is -2.39. The number of carbonyl (C=O) groups is 2. The van der Waals surface area contributed by atoms with Gasteiger partial charge in [-0.05, 0) is 44.0 Å². The van der Waals surface area contributed by atoms with Crippen molar-refractivity contribution in [2.45, 2.75) is 19.8 Å². The maximum absolute atomic E-state index is 13.1. The second-order valence-corrected chi connectivity index (χ2v) is 7.85. The summed E-state index contributed by atoms with van der Waals surface area (Å²) in [5, 5.41) is 0. The molecule has 0 bridgehead atoms. The molecule has 2 amide bonds. The largest absolute Gasteiger partial charge is 0.352 e. The van der Waals surface area contributed by atoms with Crippen molar-refractivity contribution >= 4 is 17.6 Å². The van der Waals surface area contributed by atoms with Crippen molar-refractivity contribution in [3.63, 3.8) is 0 Å². The van der Waals surface area contributed by atoms with Crippen molar-refractivity contribution in [3.05, 3.63) is 53.7 Å². The summed E-state index contributed by atoms with van der Waals surface area (Å²) in [7, 11) is 0. The van der Waals surface area contributed by atoms with Gasteiger partial charge in [0, 0.05) is 63.1 Å². The van der Waals surface area contributed by atoms with Crippen LogP contribution < -0.4 is 4.90 Å². The average molecular weight is 411 g/mol. The molecule has 3 heterocycles. The van der Waals surface area contributed by atoms with E-state index in [1.807, 2.05) is 11.8 Å². The summed E-state index contributed by atoms with van der Waals surface area (Å²) in [5.41, 5.74) is 1.38. The van der Waals surface area contributed by atoms with Crippen molar-refractivity contribution in [2.75, 3.05) is 44.2 Å². The molecule has 0 aliphatic carbocycles. The Balaban J connectivity index is 1.28. The van der Waals surface area contributed by atoms with Crippen LogP contribution in [0.15, 0.2) is 36.7 Å². The lowest BCUT2D eigenvalue weighted by atomic mass is 9.94. The van der Waals surface area contributed by atoms with Gasteiger partial charge in [-0.1, -0.05) is 0 Å². The zero-order chi connectivity index (χ0) is 21.1. The highest BCUT2D eigenvalue weighted by molar-refractivity contribution is 5.94. The third-order valence-corrected chi connectivity index (χ3v) is 5.97. The van der Waals surface area contributed by atoms with Gasteiger partial charge in [0.1, 0.15) is 11.6 Å². The van der Waals surface area contributed by atoms with Gasteiger partial charge in [-0.2, -0.15) is 0 Å². The van der Waals surface area contributed by atoms with E-state index in [9.17, 15) is 14.0 Å². The van der Waals surface area contributed by atoms with E-state index in [1.165, 1.54) is 24.3 Å². The van der Waals surface area contributed by atoms with E-state index in [0.29, 0.717) is 44.6 Å². The first-order chi connectivity index (χ1) is 14.5. The monoisotopic (exact) mass is 411 g/mol. The number of anilines is 1. The number of benzene rings is 1. The molecule has 0 N–H and O–H groups in total. The van der Waals surface area contributed by atoms with Crippen LogP contribution in [-0.4, -0.2) is 70.9 Å². The van der Waals surface area contributed by atoms with Gasteiger partial charge in [-0.25, -0.2) is 9.37 Å². The Morgan fingerprint density at radius 3 is 2.17 bits per heavy atom. The van der Waals surface area contributed by atoms with E-state index in [2.05, 4.69) is 14.9 Å². The Morgan fingerprint density at radius 2 is 1.53 bits per heavy atom. The molecule has 0 saturated carbocycles. The summed E-state index contributed by atoms with van der Waals surface area (Å²) >= 11 is 0. The lowest BCUT2D eigenvalue weighted by Crippen LogP contribution is -2.52. The number of piperazine rings is 1. The van der Waals surface area contributed by atoms with E-state index in [0.717, 1.165) is 24.6 Å². The fourth-order valence-electron chi connectivity index (χ4n) is 4.21. The van der Waals surface area contributed by atoms with E-state index in [4.69, 9.17) is 0 Å². The second-order valence-electron chi connectivity index (χ2n) is 7.85. The van der Waals surface area contributed by atoms with Crippen molar-refractivity contribution in [1.29, 1.82) is 0 Å². The van der Waals surface area contributed by atoms with Crippen LogP contribution in [0.25, 0.3) is 0 Å². The number of likely N-dealkylation sites (tertiary alicyclic amines) is 1. The number of aromatic nitrogens is 2. The number of halogens is 1. The molecule has 30 heavy (non-hydrogen) atoms. The molecule has 0 atom stereocenters. The van der Waals surface area contributed by atoms with Gasteiger partial charge in [-0.3, -0.25) is 14.6 Å². The van der Waals surface area contributed by atoms with Crippen LogP contribution in [0.3, 0.4) is 0 Å². The number of aryl methyl sites for hydroxylation is 1. The molecule has 1 aromatic heterocycles. The summed E-state index contributed by atoms with van der Waals surface area (Å²) in [6.07, 6.45) is 4.71. The van der Waals surface area contributed by atoms with Gasteiger partial charge >= 0.3 is 0 Å². The topological polar surface area (TPSA) is 69.6 Å². The van der Waals surface area contributed by atoms with Gasteiger partial charge in [-0.15, -0.1) is 0 Å². The zero-order valence-corrected chi connectivity index (χ0v) is 17.1. The lowest BCUT2D eigenvalue weighted by molar-refractivity contribution is -0.137. The van der Waals surface area contributed by atoms with Crippen molar-refractivity contribution < 1.29 is 14.0 Å². The van der Waals surface area contributed by atoms with Gasteiger partial charge in [0.2, 0.25) is 5.91 Å². The van der Waals surface area contributed by atoms with E-state index >= 15 is 0 Å². The van der Waals surface area contributed by atoms with Crippen molar-refractivity contribution in [2.24, 2.45) is 5.92 Å². The fraction of sp³-hybridized carbons (Fsp3) is 0.455. The Kier molecular flexibility index (Phi) is 5.92. The van der Waals surface area contributed by atoms with Crippen molar-refractivity contribution in [3.8, 4) is 0 Å². The highest BCUT2D eigenvalue weighted by Gasteiger charge is 2.32. The number of hydrogen-bond acceptors (Lipinski definition) is 5. The van der Waals surface area contributed by atoms with Crippen LogP contribution in [0.1, 0.15) is 28.9 Å². The molecule has 2 saturated heterocycles. The quantitative estimate of drug-likeness (QED) is 0.774. The number of piperidine rings is 1. The number of carbonyl (C=O) groups excluding carboxylic acids is 2. The Bertz CT molecular complexity index is 904. The average Bonchev–Trinajstić information content (AvgIpc) is 2.79. The predicted molar refractivity (Wildman–Crippen MR) is 111 cm³/mol. The molecule has 2 aromatic rings. The highest BCUT2D eigenvalue weighted by Crippen LogP contribution is 2.23. The minimum atomic E-state index is -0.356. The van der Waals surface area contributed by atoms with Gasteiger partial charge < -0.3 is 14.7 Å². The molecule has 158 valence electrons. The van der Waals surface area contributed by atoms with Gasteiger partial charge in [0.05, 0.1) is 5.69 Å². The maximum Gasteiger partial charge on any atom is 0.253 e. The van der Waals surface area contributed by atoms with Crippen LogP contribution in [0.4, 0.5) is 10.2 Å². The third-order valence-electron chi connectivity index (χ3n) is 5.97. The second kappa shape index (κ2) is 8.77. The first kappa shape index (κ1) is 20.3. The molecule has 0 radical (unpaired) electrons. The number of amides is 2. The highest BCUT2D eigenvalue weighted by atomic mass is 19.1. The number of nitrogens with zero attached hydrogens (tertiary/aromatic N) is 5. The maximum atomic E-state index is 13.1. The molecule has 2 aliphatic rings. The molecular weight excluding hydrogens is 385 g/mol. The standard InChI is InChI=1S/C22H26FN5O2/c1-16-20(25-9-8-24-16)26-12-14-28(15-13-26)22(30)18-6-10-27(11-7-18)21(29)17-2-4-19(23)5-3-17/h2-5,8-9,18H,6-7,10-15H2,1H3. The van der Waals surface area contributed by atoms with E-state index in [-0.39, 0.29) is 23.5 Å². The van der Waals surface area contributed by atoms with Gasteiger partial charge in [0.15, 0.2) is 0 Å². The van der Waals surface area contributed by atoms with Crippen LogP contribution in [-0.2, 0) is 4.79 Å². The fourth-order valence-corrected chi connectivity index (χ4v) is 4.21. The molecule has 2 aliphatic heterocycles. The molecule has 2 fully saturated rings. The van der Waals surface area contributed by atoms with Crippen molar-refractivity contribution in [1.82, 2.24) is 19.8 Å². The van der Waals surface area contributed by atoms with E-state index < -0.39 is 0 Å². The SMILES string of the molecule is Cc1nccnc1N1CCN(C(=O)C2CCN(C(=O)c3ccc(F)cc3)CC2)CC1. The predicted octanol–water partition coefficient (Wildman–Crippen LogP) is 2.13. The molecule has 1 aromatic carbocycles. The normalized spacial score (nSPS) is 17.9. The van der Waals surface area contributed by atoms with Crippen LogP contribution in [0, 0.1) is 18.7 Å².